The van der Waals surface area contributed by atoms with E-state index in [0.29, 0.717) is 11.7 Å². The van der Waals surface area contributed by atoms with Crippen molar-refractivity contribution in [1.82, 2.24) is 5.32 Å². The van der Waals surface area contributed by atoms with Crippen molar-refractivity contribution in [2.45, 2.75) is 12.8 Å². The third-order valence-corrected chi connectivity index (χ3v) is 2.71. The molecule has 1 N–H and O–H groups in total. The van der Waals surface area contributed by atoms with Crippen LogP contribution in [0.4, 0.5) is 0 Å². The lowest BCUT2D eigenvalue weighted by Gasteiger charge is -2.07. The van der Waals surface area contributed by atoms with Gasteiger partial charge in [0.2, 0.25) is 0 Å². The summed E-state index contributed by atoms with van der Waals surface area (Å²) in [5.74, 6) is 2.08. The SMILES string of the molecule is COc1ccc(OCC(=O)NCC2CC2)cc1. The minimum atomic E-state index is -0.0623. The van der Waals surface area contributed by atoms with E-state index in [4.69, 9.17) is 9.47 Å². The fourth-order valence-corrected chi connectivity index (χ4v) is 1.45. The molecule has 1 aromatic rings. The minimum absolute atomic E-state index is 0.0623. The molecule has 92 valence electrons. The Bertz CT molecular complexity index is 371. The summed E-state index contributed by atoms with van der Waals surface area (Å²) in [5.41, 5.74) is 0. The fraction of sp³-hybridized carbons (Fsp3) is 0.462. The Morgan fingerprint density at radius 1 is 1.29 bits per heavy atom. The molecular formula is C13H17NO3. The molecule has 0 spiro atoms. The first-order chi connectivity index (χ1) is 8.28. The Morgan fingerprint density at radius 2 is 1.94 bits per heavy atom. The van der Waals surface area contributed by atoms with Crippen LogP contribution in [0.25, 0.3) is 0 Å². The highest BCUT2D eigenvalue weighted by Gasteiger charge is 2.21. The van der Waals surface area contributed by atoms with Crippen LogP contribution in [0, 0.1) is 5.92 Å². The second kappa shape index (κ2) is 5.57. The maximum absolute atomic E-state index is 11.4. The molecule has 1 fully saturated rings. The maximum Gasteiger partial charge on any atom is 0.257 e. The number of amides is 1. The van der Waals surface area contributed by atoms with Gasteiger partial charge in [-0.1, -0.05) is 0 Å². The molecule has 0 saturated heterocycles. The predicted octanol–water partition coefficient (Wildman–Crippen LogP) is 1.60. The van der Waals surface area contributed by atoms with Crippen LogP contribution in [0.1, 0.15) is 12.8 Å². The van der Waals surface area contributed by atoms with E-state index in [1.165, 1.54) is 12.8 Å². The standard InChI is InChI=1S/C13H17NO3/c1-16-11-4-6-12(7-5-11)17-9-13(15)14-8-10-2-3-10/h4-7,10H,2-3,8-9H2,1H3,(H,14,15). The van der Waals surface area contributed by atoms with E-state index in [1.54, 1.807) is 31.4 Å². The Labute approximate surface area is 101 Å². The van der Waals surface area contributed by atoms with E-state index < -0.39 is 0 Å². The zero-order valence-electron chi connectivity index (χ0n) is 9.94. The molecule has 17 heavy (non-hydrogen) atoms. The average molecular weight is 235 g/mol. The number of hydrogen-bond donors (Lipinski definition) is 1. The van der Waals surface area contributed by atoms with Crippen LogP contribution in [0.2, 0.25) is 0 Å². The largest absolute Gasteiger partial charge is 0.497 e. The molecule has 0 bridgehead atoms. The second-order valence-electron chi connectivity index (χ2n) is 4.21. The molecule has 0 radical (unpaired) electrons. The summed E-state index contributed by atoms with van der Waals surface area (Å²) in [5, 5.41) is 2.85. The number of carbonyl (C=O) groups is 1. The Morgan fingerprint density at radius 3 is 2.53 bits per heavy atom. The molecule has 1 amide bonds. The molecule has 4 nitrogen and oxygen atoms in total. The van der Waals surface area contributed by atoms with Gasteiger partial charge in [0.25, 0.3) is 5.91 Å². The van der Waals surface area contributed by atoms with Gasteiger partial charge >= 0.3 is 0 Å². The van der Waals surface area contributed by atoms with Crippen molar-refractivity contribution < 1.29 is 14.3 Å². The Hall–Kier alpha value is -1.71. The van der Waals surface area contributed by atoms with Crippen LogP contribution in [-0.2, 0) is 4.79 Å². The van der Waals surface area contributed by atoms with Crippen LogP contribution in [0.5, 0.6) is 11.5 Å². The summed E-state index contributed by atoms with van der Waals surface area (Å²) in [6.07, 6.45) is 2.47. The second-order valence-corrected chi connectivity index (χ2v) is 4.21. The van der Waals surface area contributed by atoms with Crippen LogP contribution >= 0.6 is 0 Å². The van der Waals surface area contributed by atoms with Crippen molar-refractivity contribution in [2.75, 3.05) is 20.3 Å². The van der Waals surface area contributed by atoms with Gasteiger partial charge in [0.15, 0.2) is 6.61 Å². The van der Waals surface area contributed by atoms with Crippen LogP contribution in [-0.4, -0.2) is 26.2 Å². The highest BCUT2D eigenvalue weighted by molar-refractivity contribution is 5.77. The van der Waals surface area contributed by atoms with Gasteiger partial charge in [0.05, 0.1) is 7.11 Å². The molecule has 0 atom stereocenters. The molecule has 1 aliphatic rings. The number of rotatable bonds is 6. The number of carbonyl (C=O) groups excluding carboxylic acids is 1. The molecule has 0 heterocycles. The first-order valence-corrected chi connectivity index (χ1v) is 5.81. The Kier molecular flexibility index (Phi) is 3.85. The van der Waals surface area contributed by atoms with Gasteiger partial charge in [-0.3, -0.25) is 4.79 Å². The molecule has 2 rings (SSSR count). The lowest BCUT2D eigenvalue weighted by molar-refractivity contribution is -0.123. The average Bonchev–Trinajstić information content (AvgIpc) is 3.18. The van der Waals surface area contributed by atoms with Crippen molar-refractivity contribution in [3.63, 3.8) is 0 Å². The summed E-state index contributed by atoms with van der Waals surface area (Å²) in [4.78, 5) is 11.4. The topological polar surface area (TPSA) is 47.6 Å². The molecule has 0 aliphatic heterocycles. The summed E-state index contributed by atoms with van der Waals surface area (Å²) >= 11 is 0. The zero-order valence-corrected chi connectivity index (χ0v) is 9.94. The van der Waals surface area contributed by atoms with Crippen molar-refractivity contribution in [1.29, 1.82) is 0 Å². The molecule has 4 heteroatoms. The van der Waals surface area contributed by atoms with Gasteiger partial charge in [-0.15, -0.1) is 0 Å². The summed E-state index contributed by atoms with van der Waals surface area (Å²) in [6, 6.07) is 7.18. The maximum atomic E-state index is 11.4. The fourth-order valence-electron chi connectivity index (χ4n) is 1.45. The van der Waals surface area contributed by atoms with Gasteiger partial charge in [-0.05, 0) is 43.0 Å². The predicted molar refractivity (Wildman–Crippen MR) is 64.2 cm³/mol. The van der Waals surface area contributed by atoms with E-state index in [0.717, 1.165) is 12.3 Å². The lowest BCUT2D eigenvalue weighted by atomic mass is 10.3. The van der Waals surface area contributed by atoms with E-state index in [1.807, 2.05) is 0 Å². The van der Waals surface area contributed by atoms with Crippen molar-refractivity contribution in [2.24, 2.45) is 5.92 Å². The van der Waals surface area contributed by atoms with Crippen molar-refractivity contribution >= 4 is 5.91 Å². The zero-order chi connectivity index (χ0) is 12.1. The Balaban J connectivity index is 1.70. The van der Waals surface area contributed by atoms with E-state index in [2.05, 4.69) is 5.32 Å². The van der Waals surface area contributed by atoms with Crippen LogP contribution in [0.3, 0.4) is 0 Å². The first-order valence-electron chi connectivity index (χ1n) is 5.81. The lowest BCUT2D eigenvalue weighted by Crippen LogP contribution is -2.30. The third kappa shape index (κ3) is 3.98. The molecule has 0 aromatic heterocycles. The molecule has 1 aliphatic carbocycles. The normalized spacial score (nSPS) is 14.2. The number of nitrogens with one attached hydrogen (secondary N) is 1. The highest BCUT2D eigenvalue weighted by atomic mass is 16.5. The van der Waals surface area contributed by atoms with Crippen molar-refractivity contribution in [3.05, 3.63) is 24.3 Å². The minimum Gasteiger partial charge on any atom is -0.497 e. The quantitative estimate of drug-likeness (QED) is 0.814. The highest BCUT2D eigenvalue weighted by Crippen LogP contribution is 2.27. The number of methoxy groups -OCH3 is 1. The number of benzene rings is 1. The number of ether oxygens (including phenoxy) is 2. The molecule has 1 saturated carbocycles. The van der Waals surface area contributed by atoms with Crippen molar-refractivity contribution in [3.8, 4) is 11.5 Å². The van der Waals surface area contributed by atoms with Gasteiger partial charge in [-0.2, -0.15) is 0 Å². The van der Waals surface area contributed by atoms with Gasteiger partial charge in [-0.25, -0.2) is 0 Å². The summed E-state index contributed by atoms with van der Waals surface area (Å²) in [7, 11) is 1.61. The smallest absolute Gasteiger partial charge is 0.257 e. The van der Waals surface area contributed by atoms with Gasteiger partial charge < -0.3 is 14.8 Å². The summed E-state index contributed by atoms with van der Waals surface area (Å²) < 4.78 is 10.4. The van der Waals surface area contributed by atoms with Gasteiger partial charge in [0, 0.05) is 6.54 Å². The van der Waals surface area contributed by atoms with Crippen LogP contribution in [0.15, 0.2) is 24.3 Å². The molecule has 0 unspecified atom stereocenters. The number of hydrogen-bond acceptors (Lipinski definition) is 3. The van der Waals surface area contributed by atoms with E-state index in [9.17, 15) is 4.79 Å². The molecule has 1 aromatic carbocycles. The van der Waals surface area contributed by atoms with Crippen LogP contribution < -0.4 is 14.8 Å². The molecular weight excluding hydrogens is 218 g/mol. The monoisotopic (exact) mass is 235 g/mol. The summed E-state index contributed by atoms with van der Waals surface area (Å²) in [6.45, 7) is 0.851. The van der Waals surface area contributed by atoms with E-state index >= 15 is 0 Å². The van der Waals surface area contributed by atoms with Gasteiger partial charge in [0.1, 0.15) is 11.5 Å². The third-order valence-electron chi connectivity index (χ3n) is 2.71. The first kappa shape index (κ1) is 11.8. The van der Waals surface area contributed by atoms with E-state index in [-0.39, 0.29) is 12.5 Å².